The van der Waals surface area contributed by atoms with E-state index in [4.69, 9.17) is 9.15 Å². The molecule has 22 heavy (non-hydrogen) atoms. The Morgan fingerprint density at radius 1 is 1.23 bits per heavy atom. The number of hydrogen-bond acceptors (Lipinski definition) is 5. The molecule has 1 aromatic carbocycles. The van der Waals surface area contributed by atoms with E-state index in [2.05, 4.69) is 29.4 Å². The molecule has 0 aliphatic rings. The van der Waals surface area contributed by atoms with E-state index < -0.39 is 0 Å². The monoisotopic (exact) mass is 331 g/mol. The lowest BCUT2D eigenvalue weighted by molar-refractivity contribution is 0.344. The van der Waals surface area contributed by atoms with Crippen molar-refractivity contribution in [1.29, 1.82) is 0 Å². The van der Waals surface area contributed by atoms with Crippen LogP contribution in [0.25, 0.3) is 10.8 Å². The zero-order chi connectivity index (χ0) is 15.2. The Morgan fingerprint density at radius 2 is 2.09 bits per heavy atom. The zero-order valence-electron chi connectivity index (χ0n) is 12.3. The maximum Gasteiger partial charge on any atom is 0.162 e. The number of thiazole rings is 1. The fourth-order valence-corrected chi connectivity index (χ4v) is 3.51. The van der Waals surface area contributed by atoms with Crippen LogP contribution < -0.4 is 4.74 Å². The number of benzene rings is 1. The van der Waals surface area contributed by atoms with Gasteiger partial charge in [-0.25, -0.2) is 4.98 Å². The molecular formula is C17H17NO2S2. The summed E-state index contributed by atoms with van der Waals surface area (Å²) in [4.78, 5) is 4.58. The van der Waals surface area contributed by atoms with Crippen molar-refractivity contribution in [2.45, 2.75) is 12.7 Å². The minimum Gasteiger partial charge on any atom is -0.493 e. The summed E-state index contributed by atoms with van der Waals surface area (Å²) in [5, 5.41) is 3.03. The Bertz CT molecular complexity index is 690. The summed E-state index contributed by atoms with van der Waals surface area (Å²) in [5.41, 5.74) is 2.34. The van der Waals surface area contributed by atoms with Gasteiger partial charge >= 0.3 is 0 Å². The first-order valence-corrected chi connectivity index (χ1v) is 9.10. The van der Waals surface area contributed by atoms with Crippen LogP contribution in [0.2, 0.25) is 0 Å². The van der Waals surface area contributed by atoms with Crippen molar-refractivity contribution >= 4 is 23.1 Å². The van der Waals surface area contributed by atoms with Gasteiger partial charge in [0.05, 0.1) is 18.6 Å². The molecule has 0 saturated carbocycles. The Hall–Kier alpha value is -1.72. The first kappa shape index (κ1) is 15.2. The summed E-state index contributed by atoms with van der Waals surface area (Å²) in [5.74, 6) is 3.61. The standard InChI is InChI=1S/C17H17NO2S2/c1-13-4-6-15(7-5-13)19-9-10-21-11-14-12-22-17(18-14)16-3-2-8-20-16/h2-8,12H,9-11H2,1H3. The average Bonchev–Trinajstić information content (AvgIpc) is 3.19. The molecule has 114 valence electrons. The highest BCUT2D eigenvalue weighted by molar-refractivity contribution is 7.98. The molecule has 2 heterocycles. The number of ether oxygens (including phenoxy) is 1. The van der Waals surface area contributed by atoms with Crippen LogP contribution in [-0.4, -0.2) is 17.3 Å². The number of hydrogen-bond donors (Lipinski definition) is 0. The van der Waals surface area contributed by atoms with E-state index in [1.165, 1.54) is 5.56 Å². The molecule has 0 radical (unpaired) electrons. The second-order valence-corrected chi connectivity index (χ2v) is 6.80. The molecule has 0 aliphatic heterocycles. The first-order valence-electron chi connectivity index (χ1n) is 7.07. The first-order chi connectivity index (χ1) is 10.8. The molecule has 0 atom stereocenters. The summed E-state index contributed by atoms with van der Waals surface area (Å²) < 4.78 is 11.1. The maximum absolute atomic E-state index is 5.71. The zero-order valence-corrected chi connectivity index (χ0v) is 14.0. The van der Waals surface area contributed by atoms with Gasteiger partial charge in [0.1, 0.15) is 5.75 Å². The van der Waals surface area contributed by atoms with E-state index in [1.807, 2.05) is 36.0 Å². The van der Waals surface area contributed by atoms with Crippen LogP contribution >= 0.6 is 23.1 Å². The topological polar surface area (TPSA) is 35.3 Å². The summed E-state index contributed by atoms with van der Waals surface area (Å²) in [6, 6.07) is 12.0. The summed E-state index contributed by atoms with van der Waals surface area (Å²) in [7, 11) is 0. The maximum atomic E-state index is 5.71. The Morgan fingerprint density at radius 3 is 2.86 bits per heavy atom. The number of thioether (sulfide) groups is 1. The number of furan rings is 1. The van der Waals surface area contributed by atoms with Crippen LogP contribution in [0.15, 0.2) is 52.5 Å². The second-order valence-electron chi connectivity index (χ2n) is 4.84. The molecule has 0 N–H and O–H groups in total. The van der Waals surface area contributed by atoms with Crippen molar-refractivity contribution in [3.05, 3.63) is 59.3 Å². The van der Waals surface area contributed by atoms with Gasteiger partial charge in [0, 0.05) is 16.9 Å². The predicted octanol–water partition coefficient (Wildman–Crippen LogP) is 5.02. The molecule has 3 nitrogen and oxygen atoms in total. The lowest BCUT2D eigenvalue weighted by Crippen LogP contribution is -2.00. The fourth-order valence-electron chi connectivity index (χ4n) is 1.92. The molecule has 0 aliphatic carbocycles. The van der Waals surface area contributed by atoms with Gasteiger partial charge in [0.2, 0.25) is 0 Å². The van der Waals surface area contributed by atoms with Crippen molar-refractivity contribution in [3.8, 4) is 16.5 Å². The van der Waals surface area contributed by atoms with E-state index in [9.17, 15) is 0 Å². The third-order valence-corrected chi connectivity index (χ3v) is 4.91. The second kappa shape index (κ2) is 7.51. The molecule has 3 rings (SSSR count). The lowest BCUT2D eigenvalue weighted by atomic mass is 10.2. The van der Waals surface area contributed by atoms with Crippen LogP contribution in [0.3, 0.4) is 0 Å². The van der Waals surface area contributed by atoms with Gasteiger partial charge in [-0.15, -0.1) is 11.3 Å². The van der Waals surface area contributed by atoms with Crippen molar-refractivity contribution < 1.29 is 9.15 Å². The molecule has 0 spiro atoms. The minimum absolute atomic E-state index is 0.711. The van der Waals surface area contributed by atoms with E-state index >= 15 is 0 Å². The van der Waals surface area contributed by atoms with Gasteiger partial charge in [0.15, 0.2) is 10.8 Å². The van der Waals surface area contributed by atoms with Gasteiger partial charge < -0.3 is 9.15 Å². The smallest absolute Gasteiger partial charge is 0.162 e. The predicted molar refractivity (Wildman–Crippen MR) is 92.7 cm³/mol. The highest BCUT2D eigenvalue weighted by Crippen LogP contribution is 2.25. The Balaban J connectivity index is 1.39. The largest absolute Gasteiger partial charge is 0.493 e. The SMILES string of the molecule is Cc1ccc(OCCSCc2csc(-c3ccco3)n2)cc1. The third kappa shape index (κ3) is 4.15. The van der Waals surface area contributed by atoms with Crippen LogP contribution in [0, 0.1) is 6.92 Å². The van der Waals surface area contributed by atoms with Crippen molar-refractivity contribution in [2.75, 3.05) is 12.4 Å². The van der Waals surface area contributed by atoms with Gasteiger partial charge in [-0.1, -0.05) is 17.7 Å². The third-order valence-electron chi connectivity index (χ3n) is 3.05. The molecule has 0 unspecified atom stereocenters. The Kier molecular flexibility index (Phi) is 5.19. The normalized spacial score (nSPS) is 10.8. The average molecular weight is 331 g/mol. The quantitative estimate of drug-likeness (QED) is 0.569. The van der Waals surface area contributed by atoms with Gasteiger partial charge in [0.25, 0.3) is 0 Å². The molecule has 0 fully saturated rings. The van der Waals surface area contributed by atoms with Gasteiger partial charge in [-0.3, -0.25) is 0 Å². The van der Waals surface area contributed by atoms with Crippen LogP contribution in [0.4, 0.5) is 0 Å². The van der Waals surface area contributed by atoms with Crippen molar-refractivity contribution in [1.82, 2.24) is 4.98 Å². The highest BCUT2D eigenvalue weighted by atomic mass is 32.2. The molecule has 0 amide bonds. The van der Waals surface area contributed by atoms with E-state index in [0.29, 0.717) is 6.61 Å². The van der Waals surface area contributed by atoms with Gasteiger partial charge in [-0.05, 0) is 31.2 Å². The van der Waals surface area contributed by atoms with Crippen LogP contribution in [0.5, 0.6) is 5.75 Å². The van der Waals surface area contributed by atoms with Crippen LogP contribution in [0.1, 0.15) is 11.3 Å². The van der Waals surface area contributed by atoms with Crippen LogP contribution in [-0.2, 0) is 5.75 Å². The summed E-state index contributed by atoms with van der Waals surface area (Å²) in [6.45, 7) is 2.79. The molecular weight excluding hydrogens is 314 g/mol. The summed E-state index contributed by atoms with van der Waals surface area (Å²) >= 11 is 3.45. The number of nitrogens with zero attached hydrogens (tertiary/aromatic N) is 1. The molecule has 5 heteroatoms. The molecule has 0 bridgehead atoms. The number of rotatable bonds is 7. The van der Waals surface area contributed by atoms with E-state index in [-0.39, 0.29) is 0 Å². The molecule has 3 aromatic rings. The van der Waals surface area contributed by atoms with Crippen molar-refractivity contribution in [3.63, 3.8) is 0 Å². The van der Waals surface area contributed by atoms with E-state index in [1.54, 1.807) is 17.6 Å². The minimum atomic E-state index is 0.711. The number of aryl methyl sites for hydroxylation is 1. The molecule has 0 saturated heterocycles. The highest BCUT2D eigenvalue weighted by Gasteiger charge is 2.06. The Labute approximate surface area is 138 Å². The lowest BCUT2D eigenvalue weighted by Gasteiger charge is -2.05. The van der Waals surface area contributed by atoms with Gasteiger partial charge in [-0.2, -0.15) is 11.8 Å². The van der Waals surface area contributed by atoms with Crippen molar-refractivity contribution in [2.24, 2.45) is 0 Å². The fraction of sp³-hybridized carbons (Fsp3) is 0.235. The summed E-state index contributed by atoms with van der Waals surface area (Å²) in [6.07, 6.45) is 1.67. The number of aromatic nitrogens is 1. The molecule has 2 aromatic heterocycles. The van der Waals surface area contributed by atoms with E-state index in [0.717, 1.165) is 33.7 Å².